The first-order valence-electron chi connectivity index (χ1n) is 5.61. The van der Waals surface area contributed by atoms with Gasteiger partial charge in [0, 0.05) is 0 Å². The fraction of sp³-hybridized carbons (Fsp3) is 0.143. The highest BCUT2D eigenvalue weighted by Gasteiger charge is 2.22. The van der Waals surface area contributed by atoms with Gasteiger partial charge in [-0.2, -0.15) is 8.42 Å². The van der Waals surface area contributed by atoms with Gasteiger partial charge in [-0.15, -0.1) is 0 Å². The van der Waals surface area contributed by atoms with Gasteiger partial charge in [-0.05, 0) is 23.6 Å². The maximum atomic E-state index is 11.3. The van der Waals surface area contributed by atoms with Crippen LogP contribution in [0.4, 0.5) is 0 Å². The molecule has 0 spiro atoms. The highest BCUT2D eigenvalue weighted by Crippen LogP contribution is 2.31. The van der Waals surface area contributed by atoms with E-state index in [1.54, 1.807) is 12.1 Å². The van der Waals surface area contributed by atoms with E-state index in [0.29, 0.717) is 5.56 Å². The largest absolute Gasteiger partial charge is 0.285 e. The molecule has 2 aromatic rings. The Morgan fingerprint density at radius 1 is 0.944 bits per heavy atom. The lowest BCUT2D eigenvalue weighted by atomic mass is 9.98. The molecule has 1 N–H and O–H groups in total. The van der Waals surface area contributed by atoms with Crippen LogP contribution in [0.5, 0.6) is 0 Å². The summed E-state index contributed by atoms with van der Waals surface area (Å²) in [6, 6.07) is 16.7. The van der Waals surface area contributed by atoms with Crippen molar-refractivity contribution in [2.75, 3.05) is 0 Å². The van der Waals surface area contributed by atoms with Crippen LogP contribution in [0, 0.1) is 0 Å². The summed E-state index contributed by atoms with van der Waals surface area (Å²) in [5.41, 5.74) is 2.36. The second-order valence-electron chi connectivity index (χ2n) is 4.11. The van der Waals surface area contributed by atoms with Gasteiger partial charge in [-0.3, -0.25) is 4.55 Å². The maximum absolute atomic E-state index is 11.3. The molecule has 0 amide bonds. The normalized spacial score (nSPS) is 13.2. The monoisotopic (exact) mass is 262 g/mol. The highest BCUT2D eigenvalue weighted by atomic mass is 32.2. The zero-order valence-corrected chi connectivity index (χ0v) is 10.8. The van der Waals surface area contributed by atoms with Crippen molar-refractivity contribution in [2.45, 2.75) is 12.2 Å². The van der Waals surface area contributed by atoms with Crippen LogP contribution in [0.3, 0.4) is 0 Å². The second-order valence-corrected chi connectivity index (χ2v) is 5.85. The molecule has 0 saturated carbocycles. The zero-order valence-electron chi connectivity index (χ0n) is 9.95. The van der Waals surface area contributed by atoms with Crippen molar-refractivity contribution in [1.82, 2.24) is 0 Å². The van der Waals surface area contributed by atoms with Gasteiger partial charge < -0.3 is 0 Å². The number of rotatable bonds is 3. The molecule has 0 aliphatic heterocycles. The topological polar surface area (TPSA) is 54.4 Å². The van der Waals surface area contributed by atoms with E-state index in [9.17, 15) is 13.0 Å². The van der Waals surface area contributed by atoms with Crippen LogP contribution >= 0.6 is 0 Å². The summed E-state index contributed by atoms with van der Waals surface area (Å²) in [6.07, 6.45) is 0. The molecule has 0 fully saturated rings. The SMILES string of the molecule is CC(c1ccccc1-c1ccccc1)S(=O)(=O)O. The number of benzene rings is 2. The van der Waals surface area contributed by atoms with E-state index >= 15 is 0 Å². The minimum atomic E-state index is -4.09. The van der Waals surface area contributed by atoms with E-state index in [1.807, 2.05) is 42.5 Å². The lowest BCUT2D eigenvalue weighted by Gasteiger charge is -2.14. The molecule has 0 radical (unpaired) electrons. The molecule has 1 unspecified atom stereocenters. The molecule has 1 atom stereocenters. The van der Waals surface area contributed by atoms with Gasteiger partial charge in [0.05, 0.1) is 0 Å². The van der Waals surface area contributed by atoms with Gasteiger partial charge in [-0.1, -0.05) is 54.6 Å². The molecule has 0 aromatic heterocycles. The lowest BCUT2D eigenvalue weighted by Crippen LogP contribution is -2.09. The van der Waals surface area contributed by atoms with Gasteiger partial charge in [0.25, 0.3) is 10.1 Å². The van der Waals surface area contributed by atoms with Crippen LogP contribution in [-0.2, 0) is 10.1 Å². The van der Waals surface area contributed by atoms with E-state index in [4.69, 9.17) is 0 Å². The second kappa shape index (κ2) is 4.92. The van der Waals surface area contributed by atoms with Gasteiger partial charge in [0.2, 0.25) is 0 Å². The first-order chi connectivity index (χ1) is 8.50. The fourth-order valence-corrected chi connectivity index (χ4v) is 2.42. The van der Waals surface area contributed by atoms with E-state index in [-0.39, 0.29) is 0 Å². The number of hydrogen-bond acceptors (Lipinski definition) is 2. The van der Waals surface area contributed by atoms with Crippen molar-refractivity contribution >= 4 is 10.1 Å². The minimum Gasteiger partial charge on any atom is -0.285 e. The van der Waals surface area contributed by atoms with Crippen molar-refractivity contribution in [3.8, 4) is 11.1 Å². The quantitative estimate of drug-likeness (QED) is 0.863. The van der Waals surface area contributed by atoms with Crippen molar-refractivity contribution in [1.29, 1.82) is 0 Å². The maximum Gasteiger partial charge on any atom is 0.271 e. The average Bonchev–Trinajstić information content (AvgIpc) is 2.38. The van der Waals surface area contributed by atoms with Gasteiger partial charge in [-0.25, -0.2) is 0 Å². The molecule has 0 aliphatic rings. The molecular formula is C14H14O3S. The van der Waals surface area contributed by atoms with Crippen LogP contribution in [-0.4, -0.2) is 13.0 Å². The lowest BCUT2D eigenvalue weighted by molar-refractivity contribution is 0.472. The Hall–Kier alpha value is -1.65. The first-order valence-corrected chi connectivity index (χ1v) is 7.11. The molecule has 0 aliphatic carbocycles. The van der Waals surface area contributed by atoms with Crippen molar-refractivity contribution < 1.29 is 13.0 Å². The molecule has 0 saturated heterocycles. The summed E-state index contributed by atoms with van der Waals surface area (Å²) in [4.78, 5) is 0. The Kier molecular flexibility index (Phi) is 3.50. The Morgan fingerprint density at radius 2 is 1.50 bits per heavy atom. The molecule has 0 bridgehead atoms. The molecule has 18 heavy (non-hydrogen) atoms. The Morgan fingerprint density at radius 3 is 2.11 bits per heavy atom. The smallest absolute Gasteiger partial charge is 0.271 e. The fourth-order valence-electron chi connectivity index (χ4n) is 1.89. The molecule has 4 heteroatoms. The van der Waals surface area contributed by atoms with Gasteiger partial charge in [0.15, 0.2) is 0 Å². The van der Waals surface area contributed by atoms with E-state index in [0.717, 1.165) is 11.1 Å². The van der Waals surface area contributed by atoms with Crippen LogP contribution in [0.2, 0.25) is 0 Å². The van der Waals surface area contributed by atoms with E-state index in [1.165, 1.54) is 6.92 Å². The van der Waals surface area contributed by atoms with E-state index in [2.05, 4.69) is 0 Å². The summed E-state index contributed by atoms with van der Waals surface area (Å²) < 4.78 is 31.7. The third-order valence-electron chi connectivity index (χ3n) is 2.93. The van der Waals surface area contributed by atoms with Crippen LogP contribution in [0.1, 0.15) is 17.7 Å². The van der Waals surface area contributed by atoms with Crippen molar-refractivity contribution in [3.05, 3.63) is 60.2 Å². The Bertz CT molecular complexity index is 633. The molecular weight excluding hydrogens is 248 g/mol. The van der Waals surface area contributed by atoms with Crippen molar-refractivity contribution in [2.24, 2.45) is 0 Å². The summed E-state index contributed by atoms with van der Waals surface area (Å²) in [5.74, 6) is 0. The van der Waals surface area contributed by atoms with Crippen LogP contribution in [0.25, 0.3) is 11.1 Å². The predicted octanol–water partition coefficient (Wildman–Crippen LogP) is 3.30. The summed E-state index contributed by atoms with van der Waals surface area (Å²) in [6.45, 7) is 1.48. The predicted molar refractivity (Wildman–Crippen MR) is 71.8 cm³/mol. The van der Waals surface area contributed by atoms with Crippen LogP contribution < -0.4 is 0 Å². The molecule has 3 nitrogen and oxygen atoms in total. The standard InChI is InChI=1S/C14H14O3S/c1-11(18(15,16)17)13-9-5-6-10-14(13)12-7-3-2-4-8-12/h2-11H,1H3,(H,15,16,17). The molecule has 0 heterocycles. The Labute approximate surface area is 107 Å². The summed E-state index contributed by atoms with van der Waals surface area (Å²) in [5, 5.41) is -0.936. The average molecular weight is 262 g/mol. The summed E-state index contributed by atoms with van der Waals surface area (Å²) in [7, 11) is -4.09. The third kappa shape index (κ3) is 2.60. The molecule has 94 valence electrons. The first kappa shape index (κ1) is 12.8. The summed E-state index contributed by atoms with van der Waals surface area (Å²) >= 11 is 0. The molecule has 2 rings (SSSR count). The zero-order chi connectivity index (χ0) is 13.2. The highest BCUT2D eigenvalue weighted by molar-refractivity contribution is 7.86. The Balaban J connectivity index is 2.58. The van der Waals surface area contributed by atoms with Crippen molar-refractivity contribution in [3.63, 3.8) is 0 Å². The van der Waals surface area contributed by atoms with Gasteiger partial charge in [0.1, 0.15) is 5.25 Å². The van der Waals surface area contributed by atoms with Crippen LogP contribution in [0.15, 0.2) is 54.6 Å². The third-order valence-corrected chi connectivity index (χ3v) is 4.08. The van der Waals surface area contributed by atoms with Gasteiger partial charge >= 0.3 is 0 Å². The van der Waals surface area contributed by atoms with E-state index < -0.39 is 15.4 Å². The molecule has 2 aromatic carbocycles. The minimum absolute atomic E-state index is 0.603. The number of hydrogen-bond donors (Lipinski definition) is 1.